The molecule has 1 amide bonds. The van der Waals surface area contributed by atoms with Gasteiger partial charge in [0.25, 0.3) is 5.91 Å². The van der Waals surface area contributed by atoms with Crippen molar-refractivity contribution in [3.05, 3.63) is 64.5 Å². The third kappa shape index (κ3) is 5.86. The van der Waals surface area contributed by atoms with Crippen LogP contribution in [0.5, 0.6) is 5.75 Å². The molecule has 0 N–H and O–H groups in total. The van der Waals surface area contributed by atoms with Crippen LogP contribution in [0.25, 0.3) is 11.3 Å². The molecule has 3 aromatic rings. The minimum absolute atomic E-state index is 0.0791. The van der Waals surface area contributed by atoms with E-state index in [2.05, 4.69) is 10.3 Å². The number of rotatable bonds is 7. The lowest BCUT2D eigenvalue weighted by atomic mass is 10.1. The van der Waals surface area contributed by atoms with Crippen molar-refractivity contribution in [1.82, 2.24) is 19.1 Å². The standard InChI is InChI=1S/C26H30N4O5S2/c1-34-22-4-2-3-21(17-22)24-19-36-25(27-24)18-28-9-11-29(12-10-28)26(31)20-5-7-23(8-6-20)37(32,33)30-13-15-35-16-14-30/h2-8,17,19H,9-16,18H2,1H3. The predicted molar refractivity (Wildman–Crippen MR) is 141 cm³/mol. The van der Waals surface area contributed by atoms with Crippen molar-refractivity contribution in [2.75, 3.05) is 59.6 Å². The smallest absolute Gasteiger partial charge is 0.253 e. The van der Waals surface area contributed by atoms with Crippen molar-refractivity contribution in [3.63, 3.8) is 0 Å². The number of thiazole rings is 1. The van der Waals surface area contributed by atoms with E-state index in [1.165, 1.54) is 16.4 Å². The van der Waals surface area contributed by atoms with Gasteiger partial charge in [0.1, 0.15) is 10.8 Å². The van der Waals surface area contributed by atoms with Crippen LogP contribution in [0.2, 0.25) is 0 Å². The van der Waals surface area contributed by atoms with Crippen molar-refractivity contribution < 1.29 is 22.7 Å². The number of hydrogen-bond acceptors (Lipinski definition) is 8. The molecule has 2 aliphatic rings. The second-order valence-corrected chi connectivity index (χ2v) is 11.8. The van der Waals surface area contributed by atoms with Gasteiger partial charge in [-0.3, -0.25) is 9.69 Å². The lowest BCUT2D eigenvalue weighted by Gasteiger charge is -2.34. The molecule has 3 heterocycles. The molecule has 2 aliphatic heterocycles. The first-order chi connectivity index (χ1) is 17.9. The van der Waals surface area contributed by atoms with E-state index in [1.54, 1.807) is 30.6 Å². The molecule has 2 saturated heterocycles. The van der Waals surface area contributed by atoms with E-state index in [1.807, 2.05) is 29.2 Å². The van der Waals surface area contributed by atoms with Crippen LogP contribution in [0, 0.1) is 0 Å². The summed E-state index contributed by atoms with van der Waals surface area (Å²) in [6, 6.07) is 14.1. The number of aromatic nitrogens is 1. The van der Waals surface area contributed by atoms with Gasteiger partial charge >= 0.3 is 0 Å². The number of morpholine rings is 1. The number of amides is 1. The van der Waals surface area contributed by atoms with Gasteiger partial charge in [-0.25, -0.2) is 13.4 Å². The highest BCUT2D eigenvalue weighted by molar-refractivity contribution is 7.89. The molecule has 11 heteroatoms. The highest BCUT2D eigenvalue weighted by atomic mass is 32.2. The topological polar surface area (TPSA) is 92.3 Å². The molecule has 0 radical (unpaired) electrons. The minimum Gasteiger partial charge on any atom is -0.497 e. The lowest BCUT2D eigenvalue weighted by Crippen LogP contribution is -2.48. The van der Waals surface area contributed by atoms with E-state index < -0.39 is 10.0 Å². The maximum absolute atomic E-state index is 13.1. The van der Waals surface area contributed by atoms with Crippen molar-refractivity contribution in [3.8, 4) is 17.0 Å². The molecule has 37 heavy (non-hydrogen) atoms. The fraction of sp³-hybridized carbons (Fsp3) is 0.385. The number of methoxy groups -OCH3 is 1. The van der Waals surface area contributed by atoms with Gasteiger partial charge in [0, 0.05) is 55.8 Å². The van der Waals surface area contributed by atoms with Gasteiger partial charge < -0.3 is 14.4 Å². The molecule has 0 atom stereocenters. The highest BCUT2D eigenvalue weighted by Crippen LogP contribution is 2.26. The second-order valence-electron chi connectivity index (χ2n) is 8.97. The van der Waals surface area contributed by atoms with Gasteiger partial charge in [-0.2, -0.15) is 4.31 Å². The quantitative estimate of drug-likeness (QED) is 0.453. The maximum atomic E-state index is 13.1. The summed E-state index contributed by atoms with van der Waals surface area (Å²) in [5.41, 5.74) is 2.46. The van der Waals surface area contributed by atoms with E-state index in [9.17, 15) is 13.2 Å². The third-order valence-corrected chi connectivity index (χ3v) is 9.39. The van der Waals surface area contributed by atoms with Crippen LogP contribution >= 0.6 is 11.3 Å². The Labute approximate surface area is 221 Å². The number of benzene rings is 2. The third-order valence-electron chi connectivity index (χ3n) is 6.64. The zero-order valence-corrected chi connectivity index (χ0v) is 22.3. The number of hydrogen-bond donors (Lipinski definition) is 0. The van der Waals surface area contributed by atoms with E-state index >= 15 is 0 Å². The number of piperazine rings is 1. The van der Waals surface area contributed by atoms with Gasteiger partial charge in [-0.05, 0) is 36.4 Å². The highest BCUT2D eigenvalue weighted by Gasteiger charge is 2.27. The Balaban J connectivity index is 1.15. The molecular formula is C26H30N4O5S2. The number of sulfonamides is 1. The molecule has 0 aliphatic carbocycles. The fourth-order valence-electron chi connectivity index (χ4n) is 4.49. The molecule has 2 aromatic carbocycles. The predicted octanol–water partition coefficient (Wildman–Crippen LogP) is 2.80. The van der Waals surface area contributed by atoms with Gasteiger partial charge in [-0.15, -0.1) is 11.3 Å². The summed E-state index contributed by atoms with van der Waals surface area (Å²) in [4.78, 5) is 22.2. The van der Waals surface area contributed by atoms with Gasteiger partial charge in [-0.1, -0.05) is 12.1 Å². The zero-order valence-electron chi connectivity index (χ0n) is 20.7. The van der Waals surface area contributed by atoms with E-state index in [0.29, 0.717) is 45.0 Å². The first-order valence-corrected chi connectivity index (χ1v) is 14.5. The monoisotopic (exact) mass is 542 g/mol. The normalized spacial score (nSPS) is 17.6. The van der Waals surface area contributed by atoms with Crippen LogP contribution in [0.4, 0.5) is 0 Å². The Morgan fingerprint density at radius 2 is 1.76 bits per heavy atom. The average Bonchev–Trinajstić information content (AvgIpc) is 3.42. The molecule has 2 fully saturated rings. The summed E-state index contributed by atoms with van der Waals surface area (Å²) >= 11 is 1.64. The lowest BCUT2D eigenvalue weighted by molar-refractivity contribution is 0.0628. The maximum Gasteiger partial charge on any atom is 0.253 e. The second kappa shape index (κ2) is 11.3. The Bertz CT molecular complexity index is 1330. The molecule has 196 valence electrons. The van der Waals surface area contributed by atoms with Crippen LogP contribution in [0.15, 0.2) is 58.8 Å². The summed E-state index contributed by atoms with van der Waals surface area (Å²) in [7, 11) is -1.92. The summed E-state index contributed by atoms with van der Waals surface area (Å²) in [5, 5.41) is 3.10. The Hall–Kier alpha value is -2.83. The number of nitrogens with zero attached hydrogens (tertiary/aromatic N) is 4. The first kappa shape index (κ1) is 25.8. The molecule has 0 unspecified atom stereocenters. The van der Waals surface area contributed by atoms with Gasteiger partial charge in [0.2, 0.25) is 10.0 Å². The van der Waals surface area contributed by atoms with E-state index in [4.69, 9.17) is 14.5 Å². The minimum atomic E-state index is -3.58. The molecule has 0 saturated carbocycles. The molecule has 1 aromatic heterocycles. The van der Waals surface area contributed by atoms with Crippen LogP contribution in [-0.2, 0) is 21.3 Å². The fourth-order valence-corrected chi connectivity index (χ4v) is 6.74. The summed E-state index contributed by atoms with van der Waals surface area (Å²) in [5.74, 6) is 0.728. The SMILES string of the molecule is COc1cccc(-c2csc(CN3CCN(C(=O)c4ccc(S(=O)(=O)N5CCOCC5)cc4)CC3)n2)c1. The number of carbonyl (C=O) groups is 1. The molecular weight excluding hydrogens is 512 g/mol. The Kier molecular flexibility index (Phi) is 7.87. The average molecular weight is 543 g/mol. The van der Waals surface area contributed by atoms with Crippen molar-refractivity contribution in [2.24, 2.45) is 0 Å². The first-order valence-electron chi connectivity index (χ1n) is 12.2. The van der Waals surface area contributed by atoms with Crippen LogP contribution in [0.3, 0.4) is 0 Å². The van der Waals surface area contributed by atoms with Gasteiger partial charge in [0.05, 0.1) is 37.5 Å². The van der Waals surface area contributed by atoms with E-state index in [-0.39, 0.29) is 10.8 Å². The van der Waals surface area contributed by atoms with Crippen molar-refractivity contribution >= 4 is 27.3 Å². The zero-order chi connectivity index (χ0) is 25.8. The van der Waals surface area contributed by atoms with Crippen molar-refractivity contribution in [2.45, 2.75) is 11.4 Å². The number of carbonyl (C=O) groups excluding carboxylic acids is 1. The van der Waals surface area contributed by atoms with Crippen LogP contribution in [0.1, 0.15) is 15.4 Å². The van der Waals surface area contributed by atoms with Gasteiger partial charge in [0.15, 0.2) is 0 Å². The van der Waals surface area contributed by atoms with Crippen LogP contribution < -0.4 is 4.74 Å². The Morgan fingerprint density at radius 3 is 2.46 bits per heavy atom. The van der Waals surface area contributed by atoms with Crippen LogP contribution in [-0.4, -0.2) is 93.0 Å². The Morgan fingerprint density at radius 1 is 1.03 bits per heavy atom. The molecule has 9 nitrogen and oxygen atoms in total. The summed E-state index contributed by atoms with van der Waals surface area (Å²) in [6.07, 6.45) is 0. The summed E-state index contributed by atoms with van der Waals surface area (Å²) < 4.78 is 37.6. The molecule has 5 rings (SSSR count). The molecule has 0 spiro atoms. The molecule has 0 bridgehead atoms. The number of ether oxygens (including phenoxy) is 2. The largest absolute Gasteiger partial charge is 0.497 e. The van der Waals surface area contributed by atoms with Crippen molar-refractivity contribution in [1.29, 1.82) is 0 Å². The van der Waals surface area contributed by atoms with E-state index in [0.717, 1.165) is 41.6 Å². The summed E-state index contributed by atoms with van der Waals surface area (Å²) in [6.45, 7) is 4.95.